The van der Waals surface area contributed by atoms with Gasteiger partial charge in [0.2, 0.25) is 6.10 Å². The van der Waals surface area contributed by atoms with Gasteiger partial charge >= 0.3 is 0 Å². The highest BCUT2D eigenvalue weighted by Gasteiger charge is 2.26. The lowest BCUT2D eigenvalue weighted by atomic mass is 10.1. The van der Waals surface area contributed by atoms with E-state index in [2.05, 4.69) is 15.8 Å². The summed E-state index contributed by atoms with van der Waals surface area (Å²) in [6.07, 6.45) is 1.50. The number of hydrogen-bond donors (Lipinski definition) is 2. The lowest BCUT2D eigenvalue weighted by Gasteiger charge is -2.24. The highest BCUT2D eigenvalue weighted by molar-refractivity contribution is 5.85. The van der Waals surface area contributed by atoms with Crippen molar-refractivity contribution in [2.24, 2.45) is 5.10 Å². The molecule has 2 N–H and O–H groups in total. The van der Waals surface area contributed by atoms with Crippen LogP contribution in [0.3, 0.4) is 0 Å². The smallest absolute Gasteiger partial charge is 0.284 e. The van der Waals surface area contributed by atoms with Crippen molar-refractivity contribution in [3.63, 3.8) is 0 Å². The first-order valence-electron chi connectivity index (χ1n) is 10.9. The predicted octanol–water partition coefficient (Wildman–Crippen LogP) is 2.71. The summed E-state index contributed by atoms with van der Waals surface area (Å²) in [5.74, 6) is 1.12. The monoisotopic (exact) mass is 459 g/mol. The Morgan fingerprint density at radius 1 is 0.971 bits per heavy atom. The van der Waals surface area contributed by atoms with Gasteiger partial charge in [0.05, 0.1) is 6.21 Å². The zero-order chi connectivity index (χ0) is 23.6. The average Bonchev–Trinajstić information content (AvgIpc) is 2.88. The van der Waals surface area contributed by atoms with Gasteiger partial charge in [0.1, 0.15) is 12.4 Å². The maximum absolute atomic E-state index is 12.3. The van der Waals surface area contributed by atoms with E-state index in [1.807, 2.05) is 42.5 Å². The lowest BCUT2D eigenvalue weighted by molar-refractivity contribution is -0.130. The van der Waals surface area contributed by atoms with Gasteiger partial charge in [0.15, 0.2) is 18.1 Å². The van der Waals surface area contributed by atoms with E-state index in [1.165, 1.54) is 11.8 Å². The first-order valence-corrected chi connectivity index (χ1v) is 10.9. The molecule has 0 aliphatic carbocycles. The summed E-state index contributed by atoms with van der Waals surface area (Å²) < 4.78 is 16.7. The van der Waals surface area contributed by atoms with Gasteiger partial charge in [-0.25, -0.2) is 5.43 Å². The first kappa shape index (κ1) is 22.8. The first-order chi connectivity index (χ1) is 16.7. The number of hydrogen-bond acceptors (Lipinski definition) is 6. The van der Waals surface area contributed by atoms with Crippen LogP contribution in [-0.4, -0.2) is 43.9 Å². The minimum absolute atomic E-state index is 0.0646. The average molecular weight is 460 g/mol. The topological polar surface area (TPSA) is 98.2 Å². The Bertz CT molecular complexity index is 1130. The van der Waals surface area contributed by atoms with Gasteiger partial charge < -0.3 is 19.5 Å². The van der Waals surface area contributed by atoms with Crippen LogP contribution in [0.1, 0.15) is 11.1 Å². The number of nitrogens with one attached hydrogen (secondary N) is 2. The zero-order valence-electron chi connectivity index (χ0n) is 18.5. The Balaban J connectivity index is 1.16. The molecule has 4 rings (SSSR count). The Morgan fingerprint density at radius 3 is 2.50 bits per heavy atom. The molecule has 0 unspecified atom stereocenters. The molecule has 1 aliphatic heterocycles. The second kappa shape index (κ2) is 11.5. The van der Waals surface area contributed by atoms with Crippen LogP contribution in [0.25, 0.3) is 0 Å². The van der Waals surface area contributed by atoms with E-state index in [9.17, 15) is 9.59 Å². The third kappa shape index (κ3) is 6.59. The van der Waals surface area contributed by atoms with Crippen LogP contribution in [-0.2, 0) is 16.0 Å². The van der Waals surface area contributed by atoms with Crippen LogP contribution in [0, 0.1) is 0 Å². The van der Waals surface area contributed by atoms with E-state index < -0.39 is 12.0 Å². The van der Waals surface area contributed by atoms with Crippen molar-refractivity contribution in [1.82, 2.24) is 10.7 Å². The fourth-order valence-electron chi connectivity index (χ4n) is 3.23. The molecule has 8 nitrogen and oxygen atoms in total. The van der Waals surface area contributed by atoms with Gasteiger partial charge in [-0.2, -0.15) is 5.10 Å². The van der Waals surface area contributed by atoms with Crippen molar-refractivity contribution in [3.05, 3.63) is 90.0 Å². The lowest BCUT2D eigenvalue weighted by Crippen LogP contribution is -2.42. The number of rotatable bonds is 9. The molecule has 0 saturated carbocycles. The molecule has 0 aromatic heterocycles. The van der Waals surface area contributed by atoms with Crippen LogP contribution in [0.4, 0.5) is 0 Å². The van der Waals surface area contributed by atoms with Crippen LogP contribution in [0.2, 0.25) is 0 Å². The van der Waals surface area contributed by atoms with Crippen LogP contribution >= 0.6 is 0 Å². The maximum Gasteiger partial charge on any atom is 0.284 e. The van der Waals surface area contributed by atoms with Crippen molar-refractivity contribution in [2.75, 3.05) is 19.8 Å². The number of amides is 2. The Hall–Kier alpha value is -4.33. The highest BCUT2D eigenvalue weighted by atomic mass is 16.6. The van der Waals surface area contributed by atoms with E-state index in [1.54, 1.807) is 36.4 Å². The summed E-state index contributed by atoms with van der Waals surface area (Å²) in [5.41, 5.74) is 4.38. The number of ether oxygens (including phenoxy) is 3. The van der Waals surface area contributed by atoms with Crippen LogP contribution < -0.4 is 25.0 Å². The molecule has 0 radical (unpaired) electrons. The van der Waals surface area contributed by atoms with E-state index in [-0.39, 0.29) is 19.1 Å². The van der Waals surface area contributed by atoms with Gasteiger partial charge in [0, 0.05) is 6.54 Å². The molecule has 34 heavy (non-hydrogen) atoms. The van der Waals surface area contributed by atoms with Gasteiger partial charge in [-0.3, -0.25) is 9.59 Å². The van der Waals surface area contributed by atoms with Crippen molar-refractivity contribution in [3.8, 4) is 17.2 Å². The maximum atomic E-state index is 12.3. The van der Waals surface area contributed by atoms with Crippen molar-refractivity contribution >= 4 is 18.0 Å². The molecule has 8 heteroatoms. The molecular formula is C26H25N3O5. The largest absolute Gasteiger partial charge is 0.485 e. The summed E-state index contributed by atoms with van der Waals surface area (Å²) in [6.45, 7) is 0.604. The van der Waals surface area contributed by atoms with Gasteiger partial charge in [0.25, 0.3) is 11.8 Å². The fourth-order valence-corrected chi connectivity index (χ4v) is 3.23. The summed E-state index contributed by atoms with van der Waals surface area (Å²) >= 11 is 0. The quantitative estimate of drug-likeness (QED) is 0.379. The van der Waals surface area contributed by atoms with Gasteiger partial charge in [-0.1, -0.05) is 42.5 Å². The van der Waals surface area contributed by atoms with E-state index >= 15 is 0 Å². The third-order valence-electron chi connectivity index (χ3n) is 5.02. The van der Waals surface area contributed by atoms with Gasteiger partial charge in [-0.05, 0) is 53.9 Å². The Morgan fingerprint density at radius 2 is 1.71 bits per heavy atom. The molecule has 1 heterocycles. The Labute approximate surface area is 197 Å². The summed E-state index contributed by atoms with van der Waals surface area (Å²) in [6, 6.07) is 24.1. The summed E-state index contributed by atoms with van der Waals surface area (Å²) in [5, 5.41) is 6.81. The number of fused-ring (bicyclic) bond motifs is 1. The summed E-state index contributed by atoms with van der Waals surface area (Å²) in [7, 11) is 0. The molecule has 1 aliphatic rings. The molecule has 3 aromatic carbocycles. The fraction of sp³-hybridized carbons (Fsp3) is 0.192. The molecule has 3 aromatic rings. The van der Waals surface area contributed by atoms with Crippen molar-refractivity contribution in [2.45, 2.75) is 12.5 Å². The van der Waals surface area contributed by atoms with Crippen LogP contribution in [0.15, 0.2) is 84.0 Å². The third-order valence-corrected chi connectivity index (χ3v) is 5.02. The highest BCUT2D eigenvalue weighted by Crippen LogP contribution is 2.30. The van der Waals surface area contributed by atoms with Crippen LogP contribution in [0.5, 0.6) is 17.2 Å². The number of carbonyl (C=O) groups is 2. The minimum Gasteiger partial charge on any atom is -0.485 e. The van der Waals surface area contributed by atoms with E-state index in [0.717, 1.165) is 12.0 Å². The van der Waals surface area contributed by atoms with E-state index in [0.29, 0.717) is 23.8 Å². The number of hydrazone groups is 1. The zero-order valence-corrected chi connectivity index (χ0v) is 18.5. The molecule has 1 atom stereocenters. The summed E-state index contributed by atoms with van der Waals surface area (Å²) in [4.78, 5) is 24.2. The standard InChI is InChI=1S/C26H25N3O5/c30-25(27-15-14-19-6-2-1-3-7-19)18-32-21-12-10-20(11-13-21)16-28-29-26(31)24-17-33-22-8-4-5-9-23(22)34-24/h1-13,16,24H,14-15,17-18H2,(H,27,30)(H,29,31)/b28-16-/t24-/m1/s1. The predicted molar refractivity (Wildman–Crippen MR) is 127 cm³/mol. The second-order valence-electron chi connectivity index (χ2n) is 7.54. The molecule has 0 saturated heterocycles. The number of para-hydroxylation sites is 2. The Kier molecular flexibility index (Phi) is 7.74. The van der Waals surface area contributed by atoms with Gasteiger partial charge in [-0.15, -0.1) is 0 Å². The molecule has 0 fully saturated rings. The SMILES string of the molecule is O=C(COc1ccc(/C=N\NC(=O)[C@H]2COc3ccccc3O2)cc1)NCCc1ccccc1. The molecule has 0 spiro atoms. The van der Waals surface area contributed by atoms with Crippen molar-refractivity contribution in [1.29, 1.82) is 0 Å². The van der Waals surface area contributed by atoms with Crippen molar-refractivity contribution < 1.29 is 23.8 Å². The molecular weight excluding hydrogens is 434 g/mol. The molecule has 0 bridgehead atoms. The normalized spacial score (nSPS) is 14.4. The molecule has 174 valence electrons. The number of benzene rings is 3. The number of nitrogens with zero attached hydrogens (tertiary/aromatic N) is 1. The second-order valence-corrected chi connectivity index (χ2v) is 7.54. The minimum atomic E-state index is -0.776. The van der Waals surface area contributed by atoms with E-state index in [4.69, 9.17) is 14.2 Å². The number of carbonyl (C=O) groups excluding carboxylic acids is 2. The molecule has 2 amide bonds.